The first-order valence-electron chi connectivity index (χ1n) is 7.49. The predicted octanol–water partition coefficient (Wildman–Crippen LogP) is 3.21. The molecule has 1 aromatic carbocycles. The van der Waals surface area contributed by atoms with Crippen molar-refractivity contribution in [1.29, 1.82) is 0 Å². The van der Waals surface area contributed by atoms with Crippen molar-refractivity contribution in [3.8, 4) is 0 Å². The molecule has 0 bridgehead atoms. The van der Waals surface area contributed by atoms with Crippen LogP contribution in [0.2, 0.25) is 0 Å². The van der Waals surface area contributed by atoms with E-state index in [2.05, 4.69) is 65.2 Å². The average Bonchev–Trinajstić information content (AvgIpc) is 2.47. The molecule has 0 unspecified atom stereocenters. The Labute approximate surface area is 126 Å². The zero-order chi connectivity index (χ0) is 14.9. The number of anilines is 2. The number of nitrogens with one attached hydrogen (secondary N) is 1. The van der Waals surface area contributed by atoms with Crippen LogP contribution < -0.4 is 10.2 Å². The molecule has 4 heteroatoms. The first-order chi connectivity index (χ1) is 10.1. The molecule has 1 aromatic heterocycles. The van der Waals surface area contributed by atoms with Crippen LogP contribution in [-0.2, 0) is 12.0 Å². The van der Waals surface area contributed by atoms with Crippen molar-refractivity contribution in [3.63, 3.8) is 0 Å². The summed E-state index contributed by atoms with van der Waals surface area (Å²) in [7, 11) is 0. The quantitative estimate of drug-likeness (QED) is 0.938. The van der Waals surface area contributed by atoms with Crippen molar-refractivity contribution in [2.45, 2.75) is 32.7 Å². The van der Waals surface area contributed by atoms with Gasteiger partial charge in [0, 0.05) is 31.1 Å². The molecular weight excluding hydrogens is 260 g/mol. The second-order valence-corrected chi connectivity index (χ2v) is 6.19. The average molecular weight is 282 g/mol. The summed E-state index contributed by atoms with van der Waals surface area (Å²) in [4.78, 5) is 11.1. The van der Waals surface area contributed by atoms with Gasteiger partial charge in [-0.15, -0.1) is 0 Å². The van der Waals surface area contributed by atoms with Gasteiger partial charge in [0.2, 0.25) is 0 Å². The van der Waals surface area contributed by atoms with Crippen LogP contribution in [0.25, 0.3) is 0 Å². The standard InChI is InChI=1S/C17H22N4/c1-4-18-15-9-16(20-12-19-15)21-10-13-7-5-6-8-14(13)17(2,3)11-21/h5-9,12H,4,10-11H2,1-3H3,(H,18,19,20). The third-order valence-corrected chi connectivity index (χ3v) is 4.03. The first-order valence-corrected chi connectivity index (χ1v) is 7.49. The van der Waals surface area contributed by atoms with Gasteiger partial charge in [-0.2, -0.15) is 0 Å². The largest absolute Gasteiger partial charge is 0.370 e. The van der Waals surface area contributed by atoms with Gasteiger partial charge in [-0.3, -0.25) is 0 Å². The van der Waals surface area contributed by atoms with E-state index < -0.39 is 0 Å². The van der Waals surface area contributed by atoms with Crippen molar-refractivity contribution in [2.24, 2.45) is 0 Å². The molecule has 0 spiro atoms. The van der Waals surface area contributed by atoms with Gasteiger partial charge in [-0.05, 0) is 18.1 Å². The van der Waals surface area contributed by atoms with E-state index >= 15 is 0 Å². The summed E-state index contributed by atoms with van der Waals surface area (Å²) in [5.41, 5.74) is 2.96. The Morgan fingerprint density at radius 2 is 2.05 bits per heavy atom. The Bertz CT molecular complexity index is 636. The summed E-state index contributed by atoms with van der Waals surface area (Å²) in [5, 5.41) is 3.25. The smallest absolute Gasteiger partial charge is 0.134 e. The van der Waals surface area contributed by atoms with E-state index in [4.69, 9.17) is 0 Å². The van der Waals surface area contributed by atoms with Gasteiger partial charge in [0.05, 0.1) is 0 Å². The molecule has 0 aliphatic carbocycles. The van der Waals surface area contributed by atoms with Crippen LogP contribution in [0, 0.1) is 0 Å². The summed E-state index contributed by atoms with van der Waals surface area (Å²) in [5.74, 6) is 1.88. The Morgan fingerprint density at radius 3 is 2.86 bits per heavy atom. The highest BCUT2D eigenvalue weighted by Crippen LogP contribution is 2.35. The van der Waals surface area contributed by atoms with E-state index in [0.717, 1.165) is 31.3 Å². The third kappa shape index (κ3) is 2.71. The van der Waals surface area contributed by atoms with E-state index in [1.807, 2.05) is 6.07 Å². The Hall–Kier alpha value is -2.10. The van der Waals surface area contributed by atoms with Gasteiger partial charge in [-0.1, -0.05) is 38.1 Å². The lowest BCUT2D eigenvalue weighted by atomic mass is 9.78. The summed E-state index contributed by atoms with van der Waals surface area (Å²) < 4.78 is 0. The van der Waals surface area contributed by atoms with E-state index in [1.165, 1.54) is 11.1 Å². The first kappa shape index (κ1) is 13.9. The minimum atomic E-state index is 0.123. The minimum Gasteiger partial charge on any atom is -0.370 e. The van der Waals surface area contributed by atoms with Crippen molar-refractivity contribution >= 4 is 11.6 Å². The fourth-order valence-corrected chi connectivity index (χ4v) is 3.10. The van der Waals surface area contributed by atoms with Crippen molar-refractivity contribution in [2.75, 3.05) is 23.3 Å². The fourth-order valence-electron chi connectivity index (χ4n) is 3.10. The highest BCUT2D eigenvalue weighted by Gasteiger charge is 2.31. The maximum Gasteiger partial charge on any atom is 0.134 e. The van der Waals surface area contributed by atoms with Crippen LogP contribution in [0.1, 0.15) is 31.9 Å². The fraction of sp³-hybridized carbons (Fsp3) is 0.412. The summed E-state index contributed by atoms with van der Waals surface area (Å²) >= 11 is 0. The molecule has 0 saturated carbocycles. The van der Waals surface area contributed by atoms with Crippen LogP contribution in [0.4, 0.5) is 11.6 Å². The normalized spacial score (nSPS) is 16.4. The number of nitrogens with zero attached hydrogens (tertiary/aromatic N) is 3. The number of fused-ring (bicyclic) bond motifs is 1. The molecule has 0 radical (unpaired) electrons. The van der Waals surface area contributed by atoms with Gasteiger partial charge in [0.1, 0.15) is 18.0 Å². The van der Waals surface area contributed by atoms with Gasteiger partial charge in [0.15, 0.2) is 0 Å². The maximum absolute atomic E-state index is 4.46. The third-order valence-electron chi connectivity index (χ3n) is 4.03. The highest BCUT2D eigenvalue weighted by molar-refractivity contribution is 5.52. The Morgan fingerprint density at radius 1 is 1.24 bits per heavy atom. The molecule has 4 nitrogen and oxygen atoms in total. The molecule has 2 heterocycles. The molecule has 0 saturated heterocycles. The van der Waals surface area contributed by atoms with Crippen LogP contribution in [0.15, 0.2) is 36.7 Å². The lowest BCUT2D eigenvalue weighted by Crippen LogP contribution is -2.42. The molecule has 1 aliphatic rings. The summed E-state index contributed by atoms with van der Waals surface area (Å²) in [6.07, 6.45) is 1.64. The highest BCUT2D eigenvalue weighted by atomic mass is 15.2. The monoisotopic (exact) mass is 282 g/mol. The lowest BCUT2D eigenvalue weighted by molar-refractivity contribution is 0.474. The van der Waals surface area contributed by atoms with Gasteiger partial charge in [0.25, 0.3) is 0 Å². The number of hydrogen-bond acceptors (Lipinski definition) is 4. The molecule has 21 heavy (non-hydrogen) atoms. The zero-order valence-electron chi connectivity index (χ0n) is 12.9. The molecule has 2 aromatic rings. The van der Waals surface area contributed by atoms with Crippen LogP contribution in [0.5, 0.6) is 0 Å². The second-order valence-electron chi connectivity index (χ2n) is 6.19. The second kappa shape index (κ2) is 5.35. The Kier molecular flexibility index (Phi) is 3.53. The maximum atomic E-state index is 4.46. The van der Waals surface area contributed by atoms with Crippen molar-refractivity contribution < 1.29 is 0 Å². The van der Waals surface area contributed by atoms with E-state index in [1.54, 1.807) is 6.33 Å². The molecule has 3 rings (SSSR count). The van der Waals surface area contributed by atoms with Crippen LogP contribution in [-0.4, -0.2) is 23.1 Å². The van der Waals surface area contributed by atoms with Crippen LogP contribution >= 0.6 is 0 Å². The van der Waals surface area contributed by atoms with Gasteiger partial charge < -0.3 is 10.2 Å². The molecule has 0 atom stereocenters. The number of aromatic nitrogens is 2. The molecular formula is C17H22N4. The van der Waals surface area contributed by atoms with E-state index in [0.29, 0.717) is 0 Å². The number of benzene rings is 1. The zero-order valence-corrected chi connectivity index (χ0v) is 12.9. The number of hydrogen-bond donors (Lipinski definition) is 1. The van der Waals surface area contributed by atoms with Gasteiger partial charge in [-0.25, -0.2) is 9.97 Å². The summed E-state index contributed by atoms with van der Waals surface area (Å²) in [6.45, 7) is 9.40. The summed E-state index contributed by atoms with van der Waals surface area (Å²) in [6, 6.07) is 10.7. The van der Waals surface area contributed by atoms with Crippen molar-refractivity contribution in [3.05, 3.63) is 47.8 Å². The molecule has 0 amide bonds. The topological polar surface area (TPSA) is 41.0 Å². The van der Waals surface area contributed by atoms with E-state index in [9.17, 15) is 0 Å². The SMILES string of the molecule is CCNc1cc(N2Cc3ccccc3C(C)(C)C2)ncn1. The Balaban J connectivity index is 1.93. The molecule has 1 aliphatic heterocycles. The molecule has 0 fully saturated rings. The molecule has 110 valence electrons. The lowest BCUT2D eigenvalue weighted by Gasteiger charge is -2.40. The van der Waals surface area contributed by atoms with E-state index in [-0.39, 0.29) is 5.41 Å². The predicted molar refractivity (Wildman–Crippen MR) is 86.7 cm³/mol. The number of rotatable bonds is 3. The van der Waals surface area contributed by atoms with Crippen LogP contribution in [0.3, 0.4) is 0 Å². The van der Waals surface area contributed by atoms with Crippen molar-refractivity contribution in [1.82, 2.24) is 9.97 Å². The minimum absolute atomic E-state index is 0.123. The molecule has 1 N–H and O–H groups in total. The van der Waals surface area contributed by atoms with Gasteiger partial charge >= 0.3 is 0 Å².